The van der Waals surface area contributed by atoms with Crippen molar-refractivity contribution in [2.24, 2.45) is 0 Å². The molecule has 0 spiro atoms. The zero-order chi connectivity index (χ0) is 18.6. The Morgan fingerprint density at radius 3 is 2.48 bits per heavy atom. The van der Waals surface area contributed by atoms with Crippen LogP contribution in [0.5, 0.6) is 0 Å². The summed E-state index contributed by atoms with van der Waals surface area (Å²) < 4.78 is 19.4. The van der Waals surface area contributed by atoms with E-state index in [4.69, 9.17) is 4.74 Å². The summed E-state index contributed by atoms with van der Waals surface area (Å²) in [6.45, 7) is 6.72. The van der Waals surface area contributed by atoms with Crippen LogP contribution in [0, 0.1) is 5.82 Å². The number of aliphatic carboxylic acids is 1. The smallest absolute Gasteiger partial charge is 0.408 e. The van der Waals surface area contributed by atoms with Crippen LogP contribution in [0.3, 0.4) is 0 Å². The van der Waals surface area contributed by atoms with E-state index in [1.807, 2.05) is 4.90 Å². The number of carboxylic acids is 1. The van der Waals surface area contributed by atoms with E-state index in [2.05, 4.69) is 5.32 Å². The summed E-state index contributed by atoms with van der Waals surface area (Å²) in [7, 11) is 0. The Morgan fingerprint density at radius 1 is 1.32 bits per heavy atom. The second kappa shape index (κ2) is 7.72. The third kappa shape index (κ3) is 5.62. The zero-order valence-electron chi connectivity index (χ0n) is 14.8. The Kier molecular flexibility index (Phi) is 5.87. The number of anilines is 1. The predicted octanol–water partition coefficient (Wildman–Crippen LogP) is 2.95. The molecule has 1 aliphatic rings. The van der Waals surface area contributed by atoms with Gasteiger partial charge < -0.3 is 20.1 Å². The van der Waals surface area contributed by atoms with Crippen molar-refractivity contribution in [3.63, 3.8) is 0 Å². The highest BCUT2D eigenvalue weighted by atomic mass is 19.1. The monoisotopic (exact) mass is 352 g/mol. The van der Waals surface area contributed by atoms with Crippen molar-refractivity contribution in [3.8, 4) is 0 Å². The number of amides is 1. The van der Waals surface area contributed by atoms with E-state index in [-0.39, 0.29) is 12.2 Å². The summed E-state index contributed by atoms with van der Waals surface area (Å²) in [6, 6.07) is 3.51. The molecule has 0 aliphatic carbocycles. The summed E-state index contributed by atoms with van der Waals surface area (Å²) in [5.41, 5.74) is 0.313. The van der Waals surface area contributed by atoms with Gasteiger partial charge in [0, 0.05) is 19.5 Å². The van der Waals surface area contributed by atoms with Crippen molar-refractivity contribution in [2.45, 2.75) is 51.7 Å². The number of carboxylic acid groups (broad SMARTS) is 1. The van der Waals surface area contributed by atoms with E-state index < -0.39 is 23.7 Å². The van der Waals surface area contributed by atoms with Gasteiger partial charge in [-0.3, -0.25) is 0 Å². The first-order valence-electron chi connectivity index (χ1n) is 8.41. The third-order valence-corrected chi connectivity index (χ3v) is 3.89. The normalized spacial score (nSPS) is 15.8. The number of nitrogens with zero attached hydrogens (tertiary/aromatic N) is 1. The third-order valence-electron chi connectivity index (χ3n) is 3.89. The quantitative estimate of drug-likeness (QED) is 0.852. The molecule has 1 saturated heterocycles. The largest absolute Gasteiger partial charge is 0.480 e. The minimum absolute atomic E-state index is 0.0220. The molecule has 1 amide bonds. The van der Waals surface area contributed by atoms with Gasteiger partial charge in [0.2, 0.25) is 0 Å². The van der Waals surface area contributed by atoms with E-state index in [1.54, 1.807) is 32.9 Å². The van der Waals surface area contributed by atoms with Crippen LogP contribution in [0.4, 0.5) is 14.9 Å². The first-order valence-corrected chi connectivity index (χ1v) is 8.41. The molecule has 2 N–H and O–H groups in total. The Bertz CT molecular complexity index is 636. The number of halogens is 1. The van der Waals surface area contributed by atoms with Crippen molar-refractivity contribution in [1.29, 1.82) is 0 Å². The molecule has 0 aromatic heterocycles. The molecule has 1 aliphatic heterocycles. The van der Waals surface area contributed by atoms with Crippen molar-refractivity contribution < 1.29 is 23.8 Å². The number of carbonyl (C=O) groups is 2. The molecular formula is C18H25FN2O4. The second-order valence-corrected chi connectivity index (χ2v) is 7.22. The van der Waals surface area contributed by atoms with E-state index in [1.165, 1.54) is 6.07 Å². The average Bonchev–Trinajstić information content (AvgIpc) is 2.98. The molecule has 1 fully saturated rings. The first kappa shape index (κ1) is 19.0. The Morgan fingerprint density at radius 2 is 1.96 bits per heavy atom. The van der Waals surface area contributed by atoms with Crippen LogP contribution in [-0.4, -0.2) is 41.9 Å². The van der Waals surface area contributed by atoms with Crippen molar-refractivity contribution in [3.05, 3.63) is 29.6 Å². The molecule has 1 unspecified atom stereocenters. The summed E-state index contributed by atoms with van der Waals surface area (Å²) >= 11 is 0. The average molecular weight is 352 g/mol. The summed E-state index contributed by atoms with van der Waals surface area (Å²) in [5.74, 6) is -1.57. The summed E-state index contributed by atoms with van der Waals surface area (Å²) in [6.07, 6.45) is 1.25. The molecule has 0 bridgehead atoms. The number of hydrogen-bond acceptors (Lipinski definition) is 4. The van der Waals surface area contributed by atoms with Gasteiger partial charge in [0.15, 0.2) is 0 Å². The predicted molar refractivity (Wildman–Crippen MR) is 92.3 cm³/mol. The van der Waals surface area contributed by atoms with Gasteiger partial charge in [-0.05, 0) is 51.3 Å². The van der Waals surface area contributed by atoms with Crippen LogP contribution in [0.2, 0.25) is 0 Å². The number of alkyl carbamates (subject to hydrolysis) is 1. The van der Waals surface area contributed by atoms with Gasteiger partial charge in [-0.25, -0.2) is 14.0 Å². The summed E-state index contributed by atoms with van der Waals surface area (Å²) in [4.78, 5) is 25.2. The maximum absolute atomic E-state index is 14.3. The lowest BCUT2D eigenvalue weighted by atomic mass is 10.0. The fraction of sp³-hybridized carbons (Fsp3) is 0.556. The molecule has 1 aromatic carbocycles. The van der Waals surface area contributed by atoms with Gasteiger partial charge in [0.05, 0.1) is 5.69 Å². The van der Waals surface area contributed by atoms with E-state index >= 15 is 0 Å². The highest BCUT2D eigenvalue weighted by Gasteiger charge is 2.25. The Labute approximate surface area is 147 Å². The Balaban J connectivity index is 2.05. The number of ether oxygens (including phenoxy) is 1. The Hall–Kier alpha value is -2.31. The molecular weight excluding hydrogens is 327 g/mol. The maximum atomic E-state index is 14.3. The van der Waals surface area contributed by atoms with Gasteiger partial charge in [0.1, 0.15) is 17.5 Å². The molecule has 1 atom stereocenters. The fourth-order valence-corrected chi connectivity index (χ4v) is 2.78. The van der Waals surface area contributed by atoms with Gasteiger partial charge in [0.25, 0.3) is 0 Å². The molecule has 25 heavy (non-hydrogen) atoms. The number of nitrogens with one attached hydrogen (secondary N) is 1. The number of benzene rings is 1. The summed E-state index contributed by atoms with van der Waals surface area (Å²) in [5, 5.41) is 11.6. The van der Waals surface area contributed by atoms with Crippen molar-refractivity contribution in [2.75, 3.05) is 18.0 Å². The zero-order valence-corrected chi connectivity index (χ0v) is 14.8. The standard InChI is InChI=1S/C18H25FN2O4/c1-18(2,3)25-17(24)20-14(16(22)23)11-12-6-7-15(13(19)10-12)21-8-4-5-9-21/h6-7,10,14H,4-5,8-9,11H2,1-3H3,(H,20,24)(H,22,23). The lowest BCUT2D eigenvalue weighted by Crippen LogP contribution is -2.44. The van der Waals surface area contributed by atoms with E-state index in [0.717, 1.165) is 25.9 Å². The van der Waals surface area contributed by atoms with Crippen molar-refractivity contribution in [1.82, 2.24) is 5.32 Å². The lowest BCUT2D eigenvalue weighted by Gasteiger charge is -2.22. The second-order valence-electron chi connectivity index (χ2n) is 7.22. The minimum Gasteiger partial charge on any atom is -0.480 e. The highest BCUT2D eigenvalue weighted by molar-refractivity contribution is 5.80. The fourth-order valence-electron chi connectivity index (χ4n) is 2.78. The first-order chi connectivity index (χ1) is 11.7. The maximum Gasteiger partial charge on any atom is 0.408 e. The van der Waals surface area contributed by atoms with E-state index in [9.17, 15) is 19.1 Å². The number of carbonyl (C=O) groups excluding carboxylic acids is 1. The topological polar surface area (TPSA) is 78.9 Å². The highest BCUT2D eigenvalue weighted by Crippen LogP contribution is 2.24. The van der Waals surface area contributed by atoms with Crippen LogP contribution in [0.25, 0.3) is 0 Å². The van der Waals surface area contributed by atoms with Crippen molar-refractivity contribution >= 4 is 17.7 Å². The number of rotatable bonds is 5. The lowest BCUT2D eigenvalue weighted by molar-refractivity contribution is -0.139. The molecule has 6 nitrogen and oxygen atoms in total. The van der Waals surface area contributed by atoms with Crippen LogP contribution in [0.1, 0.15) is 39.2 Å². The van der Waals surface area contributed by atoms with Crippen LogP contribution in [0.15, 0.2) is 18.2 Å². The van der Waals surface area contributed by atoms with Crippen LogP contribution >= 0.6 is 0 Å². The van der Waals surface area contributed by atoms with Crippen LogP contribution < -0.4 is 10.2 Å². The molecule has 2 rings (SSSR count). The number of hydrogen-bond donors (Lipinski definition) is 2. The molecule has 1 aromatic rings. The van der Waals surface area contributed by atoms with Gasteiger partial charge >= 0.3 is 12.1 Å². The molecule has 0 saturated carbocycles. The van der Waals surface area contributed by atoms with Crippen LogP contribution in [-0.2, 0) is 16.0 Å². The SMILES string of the molecule is CC(C)(C)OC(=O)NC(Cc1ccc(N2CCCC2)c(F)c1)C(=O)O. The molecule has 1 heterocycles. The van der Waals surface area contributed by atoms with Gasteiger partial charge in [-0.2, -0.15) is 0 Å². The van der Waals surface area contributed by atoms with Gasteiger partial charge in [-0.1, -0.05) is 6.07 Å². The molecule has 0 radical (unpaired) electrons. The van der Waals surface area contributed by atoms with E-state index in [0.29, 0.717) is 11.3 Å². The minimum atomic E-state index is -1.20. The molecule has 7 heteroatoms. The van der Waals surface area contributed by atoms with Gasteiger partial charge in [-0.15, -0.1) is 0 Å². The molecule has 138 valence electrons.